The molecule has 0 aliphatic rings. The number of benzene rings is 2. The molecule has 5 nitrogen and oxygen atoms in total. The number of rotatable bonds is 5. The van der Waals surface area contributed by atoms with Crippen LogP contribution in [0.4, 0.5) is 5.69 Å². The normalized spacial score (nSPS) is 10.1. The van der Waals surface area contributed by atoms with Gasteiger partial charge in [0.1, 0.15) is 11.8 Å². The molecule has 0 atom stereocenters. The number of hydrogen-bond donors (Lipinski definition) is 2. The topological polar surface area (TPSA) is 69.4 Å². The summed E-state index contributed by atoms with van der Waals surface area (Å²) in [5, 5.41) is 16.0. The number of hydrogen-bond acceptors (Lipinski definition) is 4. The van der Waals surface area contributed by atoms with Crippen molar-refractivity contribution in [1.29, 1.82) is 5.26 Å². The van der Waals surface area contributed by atoms with Gasteiger partial charge in [-0.05, 0) is 60.6 Å². The molecule has 6 heteroatoms. The van der Waals surface area contributed by atoms with Crippen molar-refractivity contribution >= 4 is 29.2 Å². The van der Waals surface area contributed by atoms with Crippen LogP contribution in [0.3, 0.4) is 0 Å². The summed E-state index contributed by atoms with van der Waals surface area (Å²) >= 11 is 5.19. The molecule has 0 aliphatic heterocycles. The van der Waals surface area contributed by atoms with Gasteiger partial charge >= 0.3 is 0 Å². The van der Waals surface area contributed by atoms with Crippen molar-refractivity contribution in [3.63, 3.8) is 0 Å². The maximum Gasteiger partial charge on any atom is 0.191 e. The fourth-order valence-electron chi connectivity index (χ4n) is 1.79. The summed E-state index contributed by atoms with van der Waals surface area (Å²) in [6.45, 7) is 2.04. The largest absolute Gasteiger partial charge is 0.479 e. The fraction of sp³-hybridized carbons (Fsp3) is 0.118. The van der Waals surface area contributed by atoms with Crippen molar-refractivity contribution in [2.45, 2.75) is 6.92 Å². The third-order valence-corrected chi connectivity index (χ3v) is 3.15. The van der Waals surface area contributed by atoms with Crippen LogP contribution in [0.25, 0.3) is 0 Å². The van der Waals surface area contributed by atoms with Crippen molar-refractivity contribution in [3.8, 4) is 11.8 Å². The summed E-state index contributed by atoms with van der Waals surface area (Å²) in [7, 11) is 0. The first-order chi connectivity index (χ1) is 11.2. The highest BCUT2D eigenvalue weighted by Gasteiger charge is 1.98. The second-order valence-corrected chi connectivity index (χ2v) is 5.06. The first-order valence-corrected chi connectivity index (χ1v) is 7.35. The quantitative estimate of drug-likeness (QED) is 0.502. The molecule has 0 fully saturated rings. The number of anilines is 1. The van der Waals surface area contributed by atoms with E-state index in [1.165, 1.54) is 0 Å². The van der Waals surface area contributed by atoms with E-state index in [2.05, 4.69) is 15.8 Å². The van der Waals surface area contributed by atoms with E-state index in [1.54, 1.807) is 18.3 Å². The molecule has 2 rings (SSSR count). The Kier molecular flexibility index (Phi) is 6.09. The standard InChI is InChI=1S/C17H16N4OS/c1-13-4-2-3-5-16(13)20-17(23)21-19-12-14-6-8-15(9-7-14)22-11-10-18/h2-9,12H,11H2,1H3,(H2,20,21,23)/b19-12-. The summed E-state index contributed by atoms with van der Waals surface area (Å²) in [5.41, 5.74) is 5.71. The monoisotopic (exact) mass is 324 g/mol. The van der Waals surface area contributed by atoms with E-state index < -0.39 is 0 Å². The number of hydrazone groups is 1. The molecule has 2 aromatic carbocycles. The fourth-order valence-corrected chi connectivity index (χ4v) is 1.96. The van der Waals surface area contributed by atoms with Gasteiger partial charge in [0.05, 0.1) is 6.21 Å². The van der Waals surface area contributed by atoms with Crippen LogP contribution in [0, 0.1) is 18.3 Å². The van der Waals surface area contributed by atoms with E-state index >= 15 is 0 Å². The molecule has 0 aliphatic carbocycles. The molecule has 0 radical (unpaired) electrons. The SMILES string of the molecule is Cc1ccccc1NC(=S)N/N=C\c1ccc(OCC#N)cc1. The van der Waals surface area contributed by atoms with Gasteiger partial charge in [-0.15, -0.1) is 0 Å². The predicted molar refractivity (Wildman–Crippen MR) is 95.7 cm³/mol. The third-order valence-electron chi connectivity index (χ3n) is 2.96. The predicted octanol–water partition coefficient (Wildman–Crippen LogP) is 3.22. The van der Waals surface area contributed by atoms with Gasteiger partial charge < -0.3 is 10.1 Å². The second-order valence-electron chi connectivity index (χ2n) is 4.65. The zero-order valence-corrected chi connectivity index (χ0v) is 13.4. The first kappa shape index (κ1) is 16.5. The average Bonchev–Trinajstić information content (AvgIpc) is 2.56. The van der Waals surface area contributed by atoms with Crippen molar-refractivity contribution in [2.75, 3.05) is 11.9 Å². The highest BCUT2D eigenvalue weighted by molar-refractivity contribution is 7.80. The molecule has 0 saturated heterocycles. The van der Waals surface area contributed by atoms with Gasteiger partial charge in [-0.25, -0.2) is 0 Å². The Morgan fingerprint density at radius 3 is 2.70 bits per heavy atom. The van der Waals surface area contributed by atoms with Crippen molar-refractivity contribution in [3.05, 3.63) is 59.7 Å². The summed E-state index contributed by atoms with van der Waals surface area (Å²) in [6.07, 6.45) is 1.65. The Morgan fingerprint density at radius 2 is 2.00 bits per heavy atom. The van der Waals surface area contributed by atoms with Gasteiger partial charge in [-0.2, -0.15) is 10.4 Å². The van der Waals surface area contributed by atoms with E-state index in [1.807, 2.05) is 49.4 Å². The Hall–Kier alpha value is -2.91. The van der Waals surface area contributed by atoms with Crippen LogP contribution in [0.15, 0.2) is 53.6 Å². The van der Waals surface area contributed by atoms with Crippen LogP contribution >= 0.6 is 12.2 Å². The number of ether oxygens (including phenoxy) is 1. The van der Waals surface area contributed by atoms with Gasteiger partial charge in [0, 0.05) is 5.69 Å². The van der Waals surface area contributed by atoms with Gasteiger partial charge in [0.15, 0.2) is 11.7 Å². The van der Waals surface area contributed by atoms with E-state index in [0.717, 1.165) is 16.8 Å². The van der Waals surface area contributed by atoms with Crippen LogP contribution < -0.4 is 15.5 Å². The number of para-hydroxylation sites is 1. The molecule has 2 aromatic rings. The lowest BCUT2D eigenvalue weighted by Crippen LogP contribution is -2.24. The minimum atomic E-state index is 0.0355. The lowest BCUT2D eigenvalue weighted by atomic mass is 10.2. The van der Waals surface area contributed by atoms with Crippen LogP contribution in [-0.2, 0) is 0 Å². The van der Waals surface area contributed by atoms with E-state index in [9.17, 15) is 0 Å². The Labute approximate surface area is 140 Å². The number of aryl methyl sites for hydroxylation is 1. The summed E-state index contributed by atoms with van der Waals surface area (Å²) in [5.74, 6) is 0.647. The second kappa shape index (κ2) is 8.51. The van der Waals surface area contributed by atoms with E-state index in [-0.39, 0.29) is 6.61 Å². The average molecular weight is 324 g/mol. The Balaban J connectivity index is 1.85. The van der Waals surface area contributed by atoms with Crippen LogP contribution in [0.2, 0.25) is 0 Å². The maximum absolute atomic E-state index is 8.45. The number of nitriles is 1. The zero-order valence-electron chi connectivity index (χ0n) is 12.6. The molecule has 0 bridgehead atoms. The van der Waals surface area contributed by atoms with Gasteiger partial charge in [0.25, 0.3) is 0 Å². The van der Waals surface area contributed by atoms with Crippen molar-refractivity contribution in [1.82, 2.24) is 5.43 Å². The smallest absolute Gasteiger partial charge is 0.191 e. The molecular formula is C17H16N4OS. The highest BCUT2D eigenvalue weighted by atomic mass is 32.1. The molecule has 116 valence electrons. The van der Waals surface area contributed by atoms with Crippen LogP contribution in [0.1, 0.15) is 11.1 Å². The zero-order chi connectivity index (χ0) is 16.5. The third kappa shape index (κ3) is 5.41. The number of nitrogens with zero attached hydrogens (tertiary/aromatic N) is 2. The molecule has 0 heterocycles. The van der Waals surface area contributed by atoms with Crippen molar-refractivity contribution < 1.29 is 4.74 Å². The van der Waals surface area contributed by atoms with Gasteiger partial charge in [-0.1, -0.05) is 18.2 Å². The molecule has 0 saturated carbocycles. The molecular weight excluding hydrogens is 308 g/mol. The lowest BCUT2D eigenvalue weighted by Gasteiger charge is -2.09. The number of nitrogens with one attached hydrogen (secondary N) is 2. The van der Waals surface area contributed by atoms with E-state index in [0.29, 0.717) is 10.9 Å². The number of thiocarbonyl (C=S) groups is 1. The molecule has 0 unspecified atom stereocenters. The molecule has 23 heavy (non-hydrogen) atoms. The molecule has 2 N–H and O–H groups in total. The van der Waals surface area contributed by atoms with E-state index in [4.69, 9.17) is 22.2 Å². The molecule has 0 aromatic heterocycles. The molecule has 0 amide bonds. The highest BCUT2D eigenvalue weighted by Crippen LogP contribution is 2.13. The summed E-state index contributed by atoms with van der Waals surface area (Å²) in [4.78, 5) is 0. The summed E-state index contributed by atoms with van der Waals surface area (Å²) in [6, 6.07) is 17.0. The molecule has 0 spiro atoms. The van der Waals surface area contributed by atoms with Crippen LogP contribution in [-0.4, -0.2) is 17.9 Å². The van der Waals surface area contributed by atoms with Crippen LogP contribution in [0.5, 0.6) is 5.75 Å². The Morgan fingerprint density at radius 1 is 1.26 bits per heavy atom. The first-order valence-electron chi connectivity index (χ1n) is 6.94. The maximum atomic E-state index is 8.45. The lowest BCUT2D eigenvalue weighted by molar-refractivity contribution is 0.368. The van der Waals surface area contributed by atoms with Gasteiger partial charge in [-0.3, -0.25) is 5.43 Å². The summed E-state index contributed by atoms with van der Waals surface area (Å²) < 4.78 is 5.18. The minimum Gasteiger partial charge on any atom is -0.479 e. The minimum absolute atomic E-state index is 0.0355. The van der Waals surface area contributed by atoms with Gasteiger partial charge in [0.2, 0.25) is 0 Å². The van der Waals surface area contributed by atoms with Crippen molar-refractivity contribution in [2.24, 2.45) is 5.10 Å². The Bertz CT molecular complexity index is 735.